The van der Waals surface area contributed by atoms with Gasteiger partial charge >= 0.3 is 0 Å². The Morgan fingerprint density at radius 2 is 2.20 bits per heavy atom. The predicted octanol–water partition coefficient (Wildman–Crippen LogP) is 1.85. The lowest BCUT2D eigenvalue weighted by Gasteiger charge is -2.05. The number of aryl methyl sites for hydroxylation is 2. The number of nitrogens with one attached hydrogen (secondary N) is 3. The molecule has 138 valence electrons. The van der Waals surface area contributed by atoms with Crippen molar-refractivity contribution in [3.05, 3.63) is 26.6 Å². The lowest BCUT2D eigenvalue weighted by molar-refractivity contribution is -0.120. The number of fused-ring (bicyclic) bond motifs is 3. The molecule has 3 rings (SSSR count). The molecule has 0 saturated heterocycles. The van der Waals surface area contributed by atoms with Crippen LogP contribution in [-0.4, -0.2) is 41.8 Å². The summed E-state index contributed by atoms with van der Waals surface area (Å²) in [6.45, 7) is 1.42. The van der Waals surface area contributed by atoms with Crippen molar-refractivity contribution in [2.24, 2.45) is 0 Å². The van der Waals surface area contributed by atoms with Gasteiger partial charge in [0, 0.05) is 30.1 Å². The van der Waals surface area contributed by atoms with Crippen LogP contribution in [0.15, 0.2) is 4.79 Å². The molecule has 3 N–H and O–H groups in total. The molecule has 2 heterocycles. The summed E-state index contributed by atoms with van der Waals surface area (Å²) in [4.78, 5) is 33.7. The van der Waals surface area contributed by atoms with Gasteiger partial charge in [-0.1, -0.05) is 0 Å². The van der Waals surface area contributed by atoms with Crippen LogP contribution in [0.1, 0.15) is 29.1 Å². The van der Waals surface area contributed by atoms with E-state index in [0.717, 1.165) is 36.0 Å². The predicted molar refractivity (Wildman–Crippen MR) is 107 cm³/mol. The second-order valence-electron chi connectivity index (χ2n) is 5.81. The molecule has 6 nitrogen and oxygen atoms in total. The highest BCUT2D eigenvalue weighted by Crippen LogP contribution is 2.34. The van der Waals surface area contributed by atoms with Crippen molar-refractivity contribution < 1.29 is 4.79 Å². The number of H-pyrrole nitrogens is 1. The zero-order valence-corrected chi connectivity index (χ0v) is 16.6. The van der Waals surface area contributed by atoms with Gasteiger partial charge in [0.05, 0.1) is 11.1 Å². The van der Waals surface area contributed by atoms with Gasteiger partial charge in [-0.25, -0.2) is 4.98 Å². The van der Waals surface area contributed by atoms with Crippen molar-refractivity contribution in [1.82, 2.24) is 20.6 Å². The van der Waals surface area contributed by atoms with E-state index in [1.807, 2.05) is 7.05 Å². The van der Waals surface area contributed by atoms with Gasteiger partial charge in [-0.3, -0.25) is 9.59 Å². The van der Waals surface area contributed by atoms with E-state index in [9.17, 15) is 9.59 Å². The summed E-state index contributed by atoms with van der Waals surface area (Å²) in [7, 11) is 1.86. The average molecular weight is 403 g/mol. The number of nitrogens with zero attached hydrogens (tertiary/aromatic N) is 1. The van der Waals surface area contributed by atoms with Crippen LogP contribution in [0.2, 0.25) is 0 Å². The fraction of sp³-hybridized carbons (Fsp3) is 0.562. The minimum absolute atomic E-state index is 0. The fourth-order valence-corrected chi connectivity index (χ4v) is 4.95. The van der Waals surface area contributed by atoms with E-state index in [1.165, 1.54) is 10.4 Å². The monoisotopic (exact) mass is 402 g/mol. The summed E-state index contributed by atoms with van der Waals surface area (Å²) in [5, 5.41) is 6.63. The number of rotatable bonds is 8. The maximum atomic E-state index is 12.3. The number of thioether (sulfide) groups is 1. The fourth-order valence-electron chi connectivity index (χ4n) is 2.86. The zero-order chi connectivity index (χ0) is 16.9. The first-order valence-corrected chi connectivity index (χ1v) is 10.2. The molecule has 9 heteroatoms. The molecule has 1 aliphatic carbocycles. The van der Waals surface area contributed by atoms with Crippen LogP contribution in [0, 0.1) is 0 Å². The number of halogens is 1. The van der Waals surface area contributed by atoms with Gasteiger partial charge in [0.1, 0.15) is 10.7 Å². The Labute approximate surface area is 161 Å². The number of aromatic nitrogens is 2. The van der Waals surface area contributed by atoms with Crippen LogP contribution < -0.4 is 16.2 Å². The van der Waals surface area contributed by atoms with Gasteiger partial charge in [-0.05, 0) is 31.9 Å². The maximum Gasteiger partial charge on any atom is 0.259 e. The Bertz CT molecular complexity index is 790. The maximum absolute atomic E-state index is 12.3. The van der Waals surface area contributed by atoms with E-state index in [2.05, 4.69) is 20.6 Å². The molecule has 0 radical (unpaired) electrons. The number of likely N-dealkylation sites (N-methyl/N-ethyl adjacent to an activating group) is 1. The van der Waals surface area contributed by atoms with Crippen molar-refractivity contribution >= 4 is 51.6 Å². The first-order chi connectivity index (χ1) is 11.7. The first kappa shape index (κ1) is 20.2. The molecule has 0 atom stereocenters. The second kappa shape index (κ2) is 9.56. The Morgan fingerprint density at radius 1 is 1.36 bits per heavy atom. The van der Waals surface area contributed by atoms with Crippen molar-refractivity contribution in [1.29, 1.82) is 0 Å². The highest BCUT2D eigenvalue weighted by Gasteiger charge is 2.20. The first-order valence-electron chi connectivity index (χ1n) is 8.21. The smallest absolute Gasteiger partial charge is 0.259 e. The summed E-state index contributed by atoms with van der Waals surface area (Å²) in [6.07, 6.45) is 3.69. The van der Waals surface area contributed by atoms with Crippen molar-refractivity contribution in [3.63, 3.8) is 0 Å². The summed E-state index contributed by atoms with van der Waals surface area (Å²) in [5.41, 5.74) is 1.20. The Balaban J connectivity index is 0.00000225. The van der Waals surface area contributed by atoms with Gasteiger partial charge in [-0.2, -0.15) is 11.8 Å². The number of thiophene rings is 1. The molecule has 0 unspecified atom stereocenters. The third kappa shape index (κ3) is 4.97. The molecule has 0 aromatic carbocycles. The number of aromatic amines is 1. The molecule has 1 amide bonds. The molecule has 0 saturated carbocycles. The highest BCUT2D eigenvalue weighted by molar-refractivity contribution is 7.98. The van der Waals surface area contributed by atoms with Gasteiger partial charge in [0.2, 0.25) is 5.91 Å². The molecule has 0 aliphatic heterocycles. The second-order valence-corrected chi connectivity index (χ2v) is 8.00. The van der Waals surface area contributed by atoms with Crippen LogP contribution in [0.4, 0.5) is 0 Å². The van der Waals surface area contributed by atoms with Gasteiger partial charge < -0.3 is 15.6 Å². The molecule has 0 fully saturated rings. The van der Waals surface area contributed by atoms with E-state index >= 15 is 0 Å². The summed E-state index contributed by atoms with van der Waals surface area (Å²) >= 11 is 3.28. The molecular weight excluding hydrogens is 380 g/mol. The molecular formula is C16H23ClN4O2S2. The van der Waals surface area contributed by atoms with E-state index in [-0.39, 0.29) is 23.9 Å². The molecule has 25 heavy (non-hydrogen) atoms. The van der Waals surface area contributed by atoms with Crippen molar-refractivity contribution in [3.8, 4) is 0 Å². The molecule has 1 aliphatic rings. The lowest BCUT2D eigenvalue weighted by atomic mass is 10.2. The Morgan fingerprint density at radius 3 is 3.00 bits per heavy atom. The number of carbonyl (C=O) groups excluding carboxylic acids is 1. The van der Waals surface area contributed by atoms with Crippen molar-refractivity contribution in [2.75, 3.05) is 25.9 Å². The summed E-state index contributed by atoms with van der Waals surface area (Å²) in [6, 6.07) is 0. The van der Waals surface area contributed by atoms with Crippen molar-refractivity contribution in [2.45, 2.75) is 31.4 Å². The number of carbonyl (C=O) groups is 1. The Hall–Kier alpha value is -1.09. The minimum atomic E-state index is -0.0141. The quantitative estimate of drug-likeness (QED) is 0.586. The van der Waals surface area contributed by atoms with Crippen LogP contribution >= 0.6 is 35.5 Å². The molecule has 2 aromatic heterocycles. The average Bonchev–Trinajstić information content (AvgIpc) is 3.12. The Kier molecular flexibility index (Phi) is 7.74. The zero-order valence-electron chi connectivity index (χ0n) is 14.1. The molecule has 0 spiro atoms. The van der Waals surface area contributed by atoms with E-state index in [4.69, 9.17) is 0 Å². The SMILES string of the molecule is CNCCNC(=O)CCSCc1nc2sc3c(c2c(=O)[nH]1)CCC3.Cl. The van der Waals surface area contributed by atoms with Crippen LogP contribution in [-0.2, 0) is 23.4 Å². The van der Waals surface area contributed by atoms with Crippen LogP contribution in [0.25, 0.3) is 10.2 Å². The highest BCUT2D eigenvalue weighted by atomic mass is 35.5. The largest absolute Gasteiger partial charge is 0.355 e. The van der Waals surface area contributed by atoms with Crippen LogP contribution in [0.5, 0.6) is 0 Å². The normalized spacial score (nSPS) is 12.8. The van der Waals surface area contributed by atoms with Crippen LogP contribution in [0.3, 0.4) is 0 Å². The third-order valence-corrected chi connectivity index (χ3v) is 6.19. The summed E-state index contributed by atoms with van der Waals surface area (Å²) in [5.74, 6) is 2.10. The van der Waals surface area contributed by atoms with E-state index in [1.54, 1.807) is 23.1 Å². The van der Waals surface area contributed by atoms with Gasteiger partial charge in [-0.15, -0.1) is 23.7 Å². The molecule has 0 bridgehead atoms. The molecule has 2 aromatic rings. The number of hydrogen-bond donors (Lipinski definition) is 3. The topological polar surface area (TPSA) is 86.9 Å². The number of hydrogen-bond acceptors (Lipinski definition) is 6. The number of amides is 1. The van der Waals surface area contributed by atoms with E-state index in [0.29, 0.717) is 30.3 Å². The van der Waals surface area contributed by atoms with Gasteiger partial charge in [0.15, 0.2) is 0 Å². The third-order valence-electron chi connectivity index (χ3n) is 4.03. The van der Waals surface area contributed by atoms with Gasteiger partial charge in [0.25, 0.3) is 5.56 Å². The summed E-state index contributed by atoms with van der Waals surface area (Å²) < 4.78 is 0. The minimum Gasteiger partial charge on any atom is -0.355 e. The van der Waals surface area contributed by atoms with E-state index < -0.39 is 0 Å². The lowest BCUT2D eigenvalue weighted by Crippen LogP contribution is -2.30. The standard InChI is InChI=1S/C16H22N4O2S2.ClH/c1-17-6-7-18-13(21)5-8-23-9-12-19-15(22)14-10-3-2-4-11(10)24-16(14)20-12;/h17H,2-9H2,1H3,(H,18,21)(H,19,20,22);1H.